The molecule has 0 spiro atoms. The summed E-state index contributed by atoms with van der Waals surface area (Å²) in [6, 6.07) is 13.4. The highest BCUT2D eigenvalue weighted by molar-refractivity contribution is 6.30. The molecule has 3 aromatic rings. The van der Waals surface area contributed by atoms with Gasteiger partial charge < -0.3 is 0 Å². The van der Waals surface area contributed by atoms with E-state index in [2.05, 4.69) is 5.10 Å². The maximum atomic E-state index is 12.3. The fraction of sp³-hybridized carbons (Fsp3) is 0. The van der Waals surface area contributed by atoms with Crippen LogP contribution in [0.1, 0.15) is 0 Å². The normalized spacial score (nSPS) is 10.8. The lowest BCUT2D eigenvalue weighted by Crippen LogP contribution is -2.28. The van der Waals surface area contributed by atoms with E-state index in [1.807, 2.05) is 0 Å². The first kappa shape index (κ1) is 11.7. The molecule has 5 heteroatoms. The van der Waals surface area contributed by atoms with E-state index in [9.17, 15) is 9.59 Å². The second-order valence-electron chi connectivity index (χ2n) is 4.10. The average Bonchev–Trinajstić information content (AvgIpc) is 2.44. The molecule has 0 aliphatic heterocycles. The van der Waals surface area contributed by atoms with Gasteiger partial charge in [0.15, 0.2) is 0 Å². The van der Waals surface area contributed by atoms with Gasteiger partial charge in [0.2, 0.25) is 0 Å². The van der Waals surface area contributed by atoms with Gasteiger partial charge in [-0.15, -0.1) is 0 Å². The molecule has 0 unspecified atom stereocenters. The van der Waals surface area contributed by atoms with Crippen LogP contribution in [0, 0.1) is 0 Å². The van der Waals surface area contributed by atoms with Crippen LogP contribution in [0.3, 0.4) is 0 Å². The monoisotopic (exact) mass is 272 g/mol. The Morgan fingerprint density at radius 3 is 2.21 bits per heavy atom. The molecule has 0 saturated heterocycles. The molecule has 0 fully saturated rings. The number of aromatic amines is 1. The summed E-state index contributed by atoms with van der Waals surface area (Å²) in [7, 11) is 0. The Hall–Kier alpha value is -2.33. The third-order valence-corrected chi connectivity index (χ3v) is 3.16. The van der Waals surface area contributed by atoms with Gasteiger partial charge in [-0.3, -0.25) is 14.7 Å². The van der Waals surface area contributed by atoms with Gasteiger partial charge in [0.25, 0.3) is 11.1 Å². The molecule has 0 atom stereocenters. The first-order chi connectivity index (χ1) is 9.16. The van der Waals surface area contributed by atoms with Gasteiger partial charge in [-0.05, 0) is 36.4 Å². The van der Waals surface area contributed by atoms with Gasteiger partial charge in [0.05, 0.1) is 16.5 Å². The third-order valence-electron chi connectivity index (χ3n) is 2.90. The number of H-pyrrole nitrogens is 1. The zero-order valence-corrected chi connectivity index (χ0v) is 10.5. The summed E-state index contributed by atoms with van der Waals surface area (Å²) in [6.07, 6.45) is 0. The van der Waals surface area contributed by atoms with Crippen molar-refractivity contribution in [1.82, 2.24) is 9.78 Å². The van der Waals surface area contributed by atoms with Crippen LogP contribution in [-0.4, -0.2) is 9.78 Å². The Kier molecular flexibility index (Phi) is 2.72. The molecule has 0 aliphatic carbocycles. The minimum absolute atomic E-state index is 0.266. The van der Waals surface area contributed by atoms with E-state index in [-0.39, 0.29) is 11.1 Å². The molecule has 1 N–H and O–H groups in total. The van der Waals surface area contributed by atoms with Crippen LogP contribution in [-0.2, 0) is 0 Å². The minimum Gasteiger partial charge on any atom is -0.267 e. The van der Waals surface area contributed by atoms with E-state index >= 15 is 0 Å². The van der Waals surface area contributed by atoms with Crippen LogP contribution in [0.2, 0.25) is 5.02 Å². The summed E-state index contributed by atoms with van der Waals surface area (Å²) in [5.41, 5.74) is -0.0000690. The van der Waals surface area contributed by atoms with E-state index < -0.39 is 0 Å². The van der Waals surface area contributed by atoms with Crippen molar-refractivity contribution in [2.45, 2.75) is 0 Å². The van der Waals surface area contributed by atoms with Crippen molar-refractivity contribution in [2.24, 2.45) is 0 Å². The molecule has 3 rings (SSSR count). The topological polar surface area (TPSA) is 54.9 Å². The predicted molar refractivity (Wildman–Crippen MR) is 75.2 cm³/mol. The summed E-state index contributed by atoms with van der Waals surface area (Å²) >= 11 is 5.81. The number of halogens is 1. The van der Waals surface area contributed by atoms with Crippen molar-refractivity contribution in [3.63, 3.8) is 0 Å². The number of hydrogen-bond acceptors (Lipinski definition) is 2. The van der Waals surface area contributed by atoms with Crippen molar-refractivity contribution in [1.29, 1.82) is 0 Å². The molecule has 19 heavy (non-hydrogen) atoms. The van der Waals surface area contributed by atoms with Gasteiger partial charge in [0.1, 0.15) is 0 Å². The van der Waals surface area contributed by atoms with Gasteiger partial charge in [-0.1, -0.05) is 23.7 Å². The summed E-state index contributed by atoms with van der Waals surface area (Å²) in [5, 5.41) is 3.91. The highest BCUT2D eigenvalue weighted by atomic mass is 35.5. The lowest BCUT2D eigenvalue weighted by Gasteiger charge is -2.06. The summed E-state index contributed by atoms with van der Waals surface area (Å²) in [6.45, 7) is 0. The van der Waals surface area contributed by atoms with E-state index in [0.717, 1.165) is 0 Å². The van der Waals surface area contributed by atoms with Gasteiger partial charge in [-0.25, -0.2) is 4.68 Å². The summed E-state index contributed by atoms with van der Waals surface area (Å²) in [4.78, 5) is 24.3. The minimum atomic E-state index is -0.301. The first-order valence-corrected chi connectivity index (χ1v) is 6.04. The summed E-state index contributed by atoms with van der Waals surface area (Å²) < 4.78 is 1.22. The van der Waals surface area contributed by atoms with Crippen LogP contribution in [0.4, 0.5) is 0 Å². The number of aromatic nitrogens is 2. The zero-order valence-electron chi connectivity index (χ0n) is 9.76. The van der Waals surface area contributed by atoms with Crippen LogP contribution < -0.4 is 11.1 Å². The Balaban J connectivity index is 2.37. The largest absolute Gasteiger partial charge is 0.277 e. The number of nitrogens with zero attached hydrogens (tertiary/aromatic N) is 1. The fourth-order valence-electron chi connectivity index (χ4n) is 1.97. The molecule has 1 aromatic heterocycles. The fourth-order valence-corrected chi connectivity index (χ4v) is 2.10. The predicted octanol–water partition coefficient (Wildman–Crippen LogP) is 2.33. The van der Waals surface area contributed by atoms with Crippen LogP contribution in [0.15, 0.2) is 58.1 Å². The van der Waals surface area contributed by atoms with E-state index in [1.165, 1.54) is 4.68 Å². The molecule has 0 saturated carbocycles. The summed E-state index contributed by atoms with van der Waals surface area (Å²) in [5.74, 6) is 0. The molecule has 0 aliphatic rings. The Morgan fingerprint density at radius 2 is 1.53 bits per heavy atom. The maximum Gasteiger partial charge on any atom is 0.277 e. The van der Waals surface area contributed by atoms with Crippen molar-refractivity contribution >= 4 is 22.4 Å². The molecular formula is C14H9ClN2O2. The van der Waals surface area contributed by atoms with Gasteiger partial charge in [0, 0.05) is 5.02 Å². The molecule has 0 bridgehead atoms. The van der Waals surface area contributed by atoms with Gasteiger partial charge in [-0.2, -0.15) is 0 Å². The number of benzene rings is 2. The van der Waals surface area contributed by atoms with Crippen molar-refractivity contribution in [3.8, 4) is 5.69 Å². The van der Waals surface area contributed by atoms with E-state index in [4.69, 9.17) is 11.6 Å². The van der Waals surface area contributed by atoms with Crippen molar-refractivity contribution < 1.29 is 0 Å². The van der Waals surface area contributed by atoms with Crippen LogP contribution in [0.25, 0.3) is 16.5 Å². The number of nitrogens with one attached hydrogen (secondary N) is 1. The molecular weight excluding hydrogens is 264 g/mol. The number of rotatable bonds is 1. The highest BCUT2D eigenvalue weighted by Crippen LogP contribution is 2.11. The van der Waals surface area contributed by atoms with Crippen LogP contribution in [0.5, 0.6) is 0 Å². The smallest absolute Gasteiger partial charge is 0.267 e. The van der Waals surface area contributed by atoms with Crippen LogP contribution >= 0.6 is 11.6 Å². The number of fused-ring (bicyclic) bond motifs is 1. The second kappa shape index (κ2) is 4.40. The zero-order chi connectivity index (χ0) is 13.4. The van der Waals surface area contributed by atoms with Crippen molar-refractivity contribution in [2.75, 3.05) is 0 Å². The first-order valence-electron chi connectivity index (χ1n) is 5.67. The molecule has 0 amide bonds. The molecule has 0 radical (unpaired) electrons. The van der Waals surface area contributed by atoms with Gasteiger partial charge >= 0.3 is 0 Å². The standard InChI is InChI=1S/C14H9ClN2O2/c15-9-5-7-10(8-6-9)17-14(19)12-4-2-1-3-11(12)13(18)16-17/h1-8H,(H,16,18). The molecule has 2 aromatic carbocycles. The average molecular weight is 273 g/mol. The second-order valence-corrected chi connectivity index (χ2v) is 4.54. The Bertz CT molecular complexity index is 863. The van der Waals surface area contributed by atoms with E-state index in [1.54, 1.807) is 48.5 Å². The maximum absolute atomic E-state index is 12.3. The third kappa shape index (κ3) is 1.96. The Morgan fingerprint density at radius 1 is 0.895 bits per heavy atom. The lowest BCUT2D eigenvalue weighted by atomic mass is 10.2. The van der Waals surface area contributed by atoms with E-state index in [0.29, 0.717) is 21.5 Å². The SMILES string of the molecule is O=c1[nH]n(-c2ccc(Cl)cc2)c(=O)c2ccccc12. The lowest BCUT2D eigenvalue weighted by molar-refractivity contribution is 0.802. The molecule has 94 valence electrons. The quantitative estimate of drug-likeness (QED) is 0.739. The number of hydrogen-bond donors (Lipinski definition) is 1. The molecule has 1 heterocycles. The highest BCUT2D eigenvalue weighted by Gasteiger charge is 2.07. The van der Waals surface area contributed by atoms with Crippen molar-refractivity contribution in [3.05, 3.63) is 74.3 Å². The Labute approximate surface area is 112 Å². The molecule has 4 nitrogen and oxygen atoms in total.